The minimum Gasteiger partial charge on any atom is -0.0882 e. The third kappa shape index (κ3) is 6.15. The highest BCUT2D eigenvalue weighted by Gasteiger charge is 1.81. The molecule has 0 aliphatic heterocycles. The monoisotopic (exact) mass is 173 g/mol. The van der Waals surface area contributed by atoms with Crippen LogP contribution in [-0.2, 0) is 0 Å². The van der Waals surface area contributed by atoms with Gasteiger partial charge in [0.25, 0.3) is 0 Å². The second kappa shape index (κ2) is 7.60. The summed E-state index contributed by atoms with van der Waals surface area (Å²) < 4.78 is 0. The summed E-state index contributed by atoms with van der Waals surface area (Å²) in [6.07, 6.45) is 24.0. The third-order valence-electron chi connectivity index (χ3n) is 1.93. The zero-order valence-electron chi connectivity index (χ0n) is 8.08. The molecular formula is C13H17. The van der Waals surface area contributed by atoms with E-state index in [2.05, 4.69) is 42.5 Å². The second-order valence-electron chi connectivity index (χ2n) is 3.12. The molecule has 0 heteroatoms. The van der Waals surface area contributed by atoms with Crippen LogP contribution in [0.1, 0.15) is 32.1 Å². The van der Waals surface area contributed by atoms with Gasteiger partial charge in [0.15, 0.2) is 0 Å². The van der Waals surface area contributed by atoms with Gasteiger partial charge in [0.2, 0.25) is 0 Å². The topological polar surface area (TPSA) is 0 Å². The van der Waals surface area contributed by atoms with Crippen LogP contribution in [0.3, 0.4) is 0 Å². The molecule has 0 spiro atoms. The van der Waals surface area contributed by atoms with Gasteiger partial charge in [0.1, 0.15) is 0 Å². The highest BCUT2D eigenvalue weighted by Crippen LogP contribution is 2.01. The van der Waals surface area contributed by atoms with Gasteiger partial charge in [-0.15, -0.1) is 0 Å². The van der Waals surface area contributed by atoms with E-state index < -0.39 is 0 Å². The lowest BCUT2D eigenvalue weighted by atomic mass is 10.2. The van der Waals surface area contributed by atoms with Gasteiger partial charge in [-0.05, 0) is 38.2 Å². The molecule has 0 aromatic carbocycles. The molecule has 0 N–H and O–H groups in total. The van der Waals surface area contributed by atoms with E-state index in [1.54, 1.807) is 0 Å². The summed E-state index contributed by atoms with van der Waals surface area (Å²) >= 11 is 0. The average molecular weight is 173 g/mol. The normalized spacial score (nSPS) is 28.9. The molecule has 0 aromatic heterocycles. The smallest absolute Gasteiger partial charge is 0.0160 e. The van der Waals surface area contributed by atoms with Crippen molar-refractivity contribution in [3.63, 3.8) is 0 Å². The van der Waals surface area contributed by atoms with Crippen LogP contribution < -0.4 is 0 Å². The van der Waals surface area contributed by atoms with E-state index in [0.717, 1.165) is 12.8 Å². The lowest BCUT2D eigenvalue weighted by Gasteiger charge is -1.89. The maximum Gasteiger partial charge on any atom is -0.0160 e. The van der Waals surface area contributed by atoms with E-state index in [1.165, 1.54) is 19.3 Å². The van der Waals surface area contributed by atoms with E-state index in [1.807, 2.05) is 6.08 Å². The fraction of sp³-hybridized carbons (Fsp3) is 0.385. The number of hydrogen-bond acceptors (Lipinski definition) is 0. The minimum absolute atomic E-state index is 1.01. The van der Waals surface area contributed by atoms with E-state index in [0.29, 0.717) is 0 Å². The molecule has 1 rings (SSSR count). The van der Waals surface area contributed by atoms with E-state index in [4.69, 9.17) is 0 Å². The van der Waals surface area contributed by atoms with Crippen LogP contribution in [-0.4, -0.2) is 0 Å². The third-order valence-corrected chi connectivity index (χ3v) is 1.93. The van der Waals surface area contributed by atoms with Crippen molar-refractivity contribution < 1.29 is 0 Å². The van der Waals surface area contributed by atoms with Gasteiger partial charge in [0.05, 0.1) is 0 Å². The summed E-state index contributed by atoms with van der Waals surface area (Å²) in [5, 5.41) is 0. The zero-order valence-corrected chi connectivity index (χ0v) is 8.08. The van der Waals surface area contributed by atoms with Crippen LogP contribution in [0.25, 0.3) is 0 Å². The van der Waals surface area contributed by atoms with Crippen molar-refractivity contribution in [1.29, 1.82) is 0 Å². The molecule has 1 aliphatic carbocycles. The Morgan fingerprint density at radius 1 is 0.769 bits per heavy atom. The van der Waals surface area contributed by atoms with Crippen molar-refractivity contribution in [3.05, 3.63) is 48.6 Å². The lowest BCUT2D eigenvalue weighted by Crippen LogP contribution is -1.69. The number of hydrogen-bond donors (Lipinski definition) is 0. The minimum atomic E-state index is 1.01. The number of allylic oxidation sites excluding steroid dienone is 8. The highest BCUT2D eigenvalue weighted by molar-refractivity contribution is 5.02. The van der Waals surface area contributed by atoms with Crippen LogP contribution in [0.4, 0.5) is 0 Å². The quantitative estimate of drug-likeness (QED) is 0.486. The Kier molecular flexibility index (Phi) is 5.87. The molecule has 0 unspecified atom stereocenters. The molecule has 0 bridgehead atoms. The first-order valence-electron chi connectivity index (χ1n) is 5.03. The van der Waals surface area contributed by atoms with Crippen molar-refractivity contribution in [2.24, 2.45) is 0 Å². The molecule has 0 heterocycles. The van der Waals surface area contributed by atoms with Gasteiger partial charge in [-0.2, -0.15) is 0 Å². The summed E-state index contributed by atoms with van der Waals surface area (Å²) in [4.78, 5) is 0. The van der Waals surface area contributed by atoms with Gasteiger partial charge in [0, 0.05) is 0 Å². The van der Waals surface area contributed by atoms with Crippen molar-refractivity contribution in [2.75, 3.05) is 0 Å². The summed E-state index contributed by atoms with van der Waals surface area (Å²) in [5.41, 5.74) is 0. The molecule has 1 radical (unpaired) electrons. The fourth-order valence-electron chi connectivity index (χ4n) is 1.20. The largest absolute Gasteiger partial charge is 0.0882 e. The van der Waals surface area contributed by atoms with Gasteiger partial charge in [-0.25, -0.2) is 0 Å². The van der Waals surface area contributed by atoms with E-state index >= 15 is 0 Å². The molecule has 0 aromatic rings. The van der Waals surface area contributed by atoms with Crippen molar-refractivity contribution in [3.8, 4) is 0 Å². The molecule has 0 saturated heterocycles. The average Bonchev–Trinajstić information content (AvgIpc) is 2.18. The van der Waals surface area contributed by atoms with E-state index in [9.17, 15) is 0 Å². The summed E-state index contributed by atoms with van der Waals surface area (Å²) in [6, 6.07) is 0. The van der Waals surface area contributed by atoms with Gasteiger partial charge >= 0.3 is 0 Å². The fourth-order valence-corrected chi connectivity index (χ4v) is 1.20. The summed E-state index contributed by atoms with van der Waals surface area (Å²) in [5.74, 6) is 0. The summed E-state index contributed by atoms with van der Waals surface area (Å²) in [6.45, 7) is 0. The predicted molar refractivity (Wildman–Crippen MR) is 58.3 cm³/mol. The molecule has 1 aliphatic rings. The van der Waals surface area contributed by atoms with Crippen LogP contribution in [0.15, 0.2) is 42.5 Å². The Bertz CT molecular complexity index is 192. The Morgan fingerprint density at radius 2 is 1.54 bits per heavy atom. The highest BCUT2D eigenvalue weighted by atomic mass is 13.9. The lowest BCUT2D eigenvalue weighted by molar-refractivity contribution is 0.864. The predicted octanol–water partition coefficient (Wildman–Crippen LogP) is 3.98. The molecule has 13 heavy (non-hydrogen) atoms. The molecule has 0 saturated carbocycles. The zero-order chi connectivity index (χ0) is 9.19. The van der Waals surface area contributed by atoms with Crippen molar-refractivity contribution in [1.82, 2.24) is 0 Å². The molecule has 0 amide bonds. The SMILES string of the molecule is [C]1=C/C/C=C/CCC/C=C/C/C=C/1. The van der Waals surface area contributed by atoms with Crippen molar-refractivity contribution in [2.45, 2.75) is 32.1 Å². The summed E-state index contributed by atoms with van der Waals surface area (Å²) in [7, 11) is 0. The maximum absolute atomic E-state index is 3.13. The number of rotatable bonds is 0. The molecule has 0 fully saturated rings. The Labute approximate surface area is 81.4 Å². The first-order valence-corrected chi connectivity index (χ1v) is 5.03. The second-order valence-corrected chi connectivity index (χ2v) is 3.12. The Morgan fingerprint density at radius 3 is 2.38 bits per heavy atom. The van der Waals surface area contributed by atoms with Crippen molar-refractivity contribution >= 4 is 0 Å². The van der Waals surface area contributed by atoms with Gasteiger partial charge < -0.3 is 0 Å². The Hall–Kier alpha value is -1.04. The molecule has 69 valence electrons. The Balaban J connectivity index is 2.38. The molecule has 0 atom stereocenters. The maximum atomic E-state index is 3.13. The molecular weight excluding hydrogens is 156 g/mol. The van der Waals surface area contributed by atoms with E-state index in [-0.39, 0.29) is 0 Å². The molecule has 0 nitrogen and oxygen atoms in total. The first-order chi connectivity index (χ1) is 6.50. The van der Waals surface area contributed by atoms with Crippen LogP contribution >= 0.6 is 0 Å². The van der Waals surface area contributed by atoms with Crippen LogP contribution in [0.2, 0.25) is 0 Å². The van der Waals surface area contributed by atoms with Crippen LogP contribution in [0, 0.1) is 6.08 Å². The standard InChI is InChI=1S/C13H17/c1-2-4-6-8-10-12-13-11-9-7-5-3-1/h1-2,5,7,10-12H,3-4,6,8,13H2/b2-1+,7-5+,11-9?,12-10+. The van der Waals surface area contributed by atoms with Gasteiger partial charge in [-0.1, -0.05) is 42.5 Å². The first kappa shape index (κ1) is 10.0. The van der Waals surface area contributed by atoms with Crippen LogP contribution in [0.5, 0.6) is 0 Å². The van der Waals surface area contributed by atoms with Gasteiger partial charge in [-0.3, -0.25) is 0 Å².